The van der Waals surface area contributed by atoms with Gasteiger partial charge in [0, 0.05) is 23.9 Å². The van der Waals surface area contributed by atoms with Gasteiger partial charge in [-0.3, -0.25) is 0 Å². The normalized spacial score (nSPS) is 19.9. The molecule has 0 bridgehead atoms. The van der Waals surface area contributed by atoms with Gasteiger partial charge in [-0.1, -0.05) is 0 Å². The number of hydrogen-bond acceptors (Lipinski definition) is 8. The highest BCUT2D eigenvalue weighted by molar-refractivity contribution is 7.92. The monoisotopic (exact) mass is 469 g/mol. The van der Waals surface area contributed by atoms with Crippen LogP contribution in [0.3, 0.4) is 0 Å². The molecule has 1 atom stereocenters. The molecule has 172 valence electrons. The minimum absolute atomic E-state index is 0.0753. The van der Waals surface area contributed by atoms with E-state index in [1.54, 1.807) is 18.2 Å². The fraction of sp³-hybridized carbons (Fsp3) is 0.348. The molecule has 2 fully saturated rings. The van der Waals surface area contributed by atoms with Crippen LogP contribution in [-0.4, -0.2) is 49.2 Å². The second-order valence-electron chi connectivity index (χ2n) is 8.49. The van der Waals surface area contributed by atoms with E-state index in [1.165, 1.54) is 6.07 Å². The quantitative estimate of drug-likeness (QED) is 0.568. The summed E-state index contributed by atoms with van der Waals surface area (Å²) in [5, 5.41) is -0.157. The summed E-state index contributed by atoms with van der Waals surface area (Å²) in [7, 11) is -3.90. The predicted molar refractivity (Wildman–Crippen MR) is 122 cm³/mol. The number of hydrogen-bond donors (Lipinski definition) is 1. The van der Waals surface area contributed by atoms with Gasteiger partial charge in [0.05, 0.1) is 31.1 Å². The van der Waals surface area contributed by atoms with Crippen LogP contribution in [0.5, 0.6) is 0 Å². The third-order valence-electron chi connectivity index (χ3n) is 6.20. The average Bonchev–Trinajstić information content (AvgIpc) is 3.63. The predicted octanol–water partition coefficient (Wildman–Crippen LogP) is 2.95. The Bertz CT molecular complexity index is 1280. The Morgan fingerprint density at radius 3 is 2.55 bits per heavy atom. The van der Waals surface area contributed by atoms with Crippen molar-refractivity contribution < 1.29 is 17.5 Å². The van der Waals surface area contributed by atoms with E-state index in [0.717, 1.165) is 17.8 Å². The van der Waals surface area contributed by atoms with Crippen LogP contribution in [0, 0.1) is 5.82 Å². The first-order valence-electron chi connectivity index (χ1n) is 10.8. The Labute approximate surface area is 191 Å². The Morgan fingerprint density at radius 1 is 1.15 bits per heavy atom. The van der Waals surface area contributed by atoms with Gasteiger partial charge in [0.15, 0.2) is 10.9 Å². The third-order valence-corrected chi connectivity index (χ3v) is 8.64. The number of morpholine rings is 1. The molecule has 3 aromatic rings. The van der Waals surface area contributed by atoms with E-state index in [9.17, 15) is 12.8 Å². The lowest BCUT2D eigenvalue weighted by atomic mass is 10.1. The van der Waals surface area contributed by atoms with Gasteiger partial charge in [0.25, 0.3) is 0 Å². The third kappa shape index (κ3) is 3.83. The highest BCUT2D eigenvalue weighted by Gasteiger charge is 2.58. The molecule has 8 nitrogen and oxygen atoms in total. The van der Waals surface area contributed by atoms with E-state index in [4.69, 9.17) is 20.4 Å². The smallest absolute Gasteiger partial charge is 0.206 e. The Kier molecular flexibility index (Phi) is 5.29. The summed E-state index contributed by atoms with van der Waals surface area (Å²) in [5.74, 6) is 0.487. The minimum atomic E-state index is -3.90. The standard InChI is InChI=1S/C23H24FN5O3S/c1-15-14-32-11-10-29(15)20-12-19(27-22(28-20)16-2-5-18(25)6-3-16)23(8-9-23)33(30,31)21-7-4-17(24)13-26-21/h2-7,12-13,15H,8-11,14,25H2,1H3/t15-/m0/s1. The Hall–Kier alpha value is -3.11. The molecule has 2 aliphatic rings. The second kappa shape index (κ2) is 8.03. The molecular weight excluding hydrogens is 445 g/mol. The molecule has 33 heavy (non-hydrogen) atoms. The second-order valence-corrected chi connectivity index (χ2v) is 10.7. The van der Waals surface area contributed by atoms with E-state index >= 15 is 0 Å². The molecule has 1 aromatic carbocycles. The van der Waals surface area contributed by atoms with Crippen LogP contribution in [0.2, 0.25) is 0 Å². The zero-order valence-corrected chi connectivity index (χ0v) is 18.9. The van der Waals surface area contributed by atoms with Crippen LogP contribution >= 0.6 is 0 Å². The van der Waals surface area contributed by atoms with Gasteiger partial charge in [-0.05, 0) is 56.2 Å². The molecule has 1 saturated carbocycles. The van der Waals surface area contributed by atoms with Crippen LogP contribution in [0.25, 0.3) is 11.4 Å². The number of ether oxygens (including phenoxy) is 1. The summed E-state index contributed by atoms with van der Waals surface area (Å²) >= 11 is 0. The van der Waals surface area contributed by atoms with E-state index in [0.29, 0.717) is 55.6 Å². The number of rotatable bonds is 5. The summed E-state index contributed by atoms with van der Waals surface area (Å²) in [6, 6.07) is 11.3. The lowest BCUT2D eigenvalue weighted by Gasteiger charge is -2.34. The van der Waals surface area contributed by atoms with Gasteiger partial charge in [-0.15, -0.1) is 0 Å². The molecule has 2 N–H and O–H groups in total. The van der Waals surface area contributed by atoms with E-state index in [1.807, 2.05) is 19.1 Å². The van der Waals surface area contributed by atoms with Crippen molar-refractivity contribution in [2.24, 2.45) is 0 Å². The number of benzene rings is 1. The van der Waals surface area contributed by atoms with Gasteiger partial charge in [0.2, 0.25) is 9.84 Å². The fourth-order valence-corrected chi connectivity index (χ4v) is 6.00. The SMILES string of the molecule is C[C@H]1COCCN1c1cc(C2(S(=O)(=O)c3ccc(F)cn3)CC2)nc(-c2ccc(N)cc2)n1. The van der Waals surface area contributed by atoms with E-state index in [2.05, 4.69) is 9.88 Å². The molecule has 1 saturated heterocycles. The number of aromatic nitrogens is 3. The first-order valence-corrected chi connectivity index (χ1v) is 12.2. The number of halogens is 1. The van der Waals surface area contributed by atoms with E-state index in [-0.39, 0.29) is 11.1 Å². The van der Waals surface area contributed by atoms with Crippen LogP contribution in [0.1, 0.15) is 25.5 Å². The van der Waals surface area contributed by atoms with Gasteiger partial charge >= 0.3 is 0 Å². The zero-order valence-electron chi connectivity index (χ0n) is 18.1. The van der Waals surface area contributed by atoms with Crippen molar-refractivity contribution in [3.8, 4) is 11.4 Å². The van der Waals surface area contributed by atoms with Crippen molar-refractivity contribution in [1.29, 1.82) is 0 Å². The van der Waals surface area contributed by atoms with Gasteiger partial charge in [0.1, 0.15) is 16.4 Å². The topological polar surface area (TPSA) is 111 Å². The highest BCUT2D eigenvalue weighted by atomic mass is 32.2. The molecular formula is C23H24FN5O3S. The van der Waals surface area contributed by atoms with Crippen LogP contribution in [0.15, 0.2) is 53.7 Å². The fourth-order valence-electron chi connectivity index (χ4n) is 4.14. The number of nitrogen functional groups attached to an aromatic ring is 1. The molecule has 10 heteroatoms. The van der Waals surface area contributed by atoms with Crippen LogP contribution in [0.4, 0.5) is 15.9 Å². The number of pyridine rings is 1. The molecule has 0 unspecified atom stereocenters. The molecule has 1 aliphatic heterocycles. The summed E-state index contributed by atoms with van der Waals surface area (Å²) in [6.07, 6.45) is 1.74. The summed E-state index contributed by atoms with van der Waals surface area (Å²) in [6.45, 7) is 3.79. The highest BCUT2D eigenvalue weighted by Crippen LogP contribution is 2.54. The number of anilines is 2. The van der Waals surface area contributed by atoms with E-state index < -0.39 is 20.4 Å². The zero-order chi connectivity index (χ0) is 23.2. The molecule has 3 heterocycles. The average molecular weight is 470 g/mol. The number of nitrogens with zero attached hydrogens (tertiary/aromatic N) is 4. The lowest BCUT2D eigenvalue weighted by molar-refractivity contribution is 0.0985. The number of nitrogens with two attached hydrogens (primary N) is 1. The first-order chi connectivity index (χ1) is 15.8. The maximum atomic E-state index is 13.6. The van der Waals surface area contributed by atoms with Crippen molar-refractivity contribution in [2.45, 2.75) is 35.6 Å². The van der Waals surface area contributed by atoms with Crippen molar-refractivity contribution in [1.82, 2.24) is 15.0 Å². The Morgan fingerprint density at radius 2 is 1.91 bits per heavy atom. The van der Waals surface area contributed by atoms with Crippen LogP contribution in [-0.2, 0) is 19.3 Å². The maximum Gasteiger partial charge on any atom is 0.206 e. The summed E-state index contributed by atoms with van der Waals surface area (Å²) < 4.78 is 44.9. The molecule has 0 radical (unpaired) electrons. The van der Waals surface area contributed by atoms with Gasteiger partial charge in [-0.25, -0.2) is 27.8 Å². The minimum Gasteiger partial charge on any atom is -0.399 e. The Balaban J connectivity index is 1.64. The first kappa shape index (κ1) is 21.7. The van der Waals surface area contributed by atoms with Gasteiger partial charge in [-0.2, -0.15) is 0 Å². The largest absolute Gasteiger partial charge is 0.399 e. The van der Waals surface area contributed by atoms with Crippen molar-refractivity contribution in [3.63, 3.8) is 0 Å². The lowest BCUT2D eigenvalue weighted by Crippen LogP contribution is -2.44. The molecule has 5 rings (SSSR count). The van der Waals surface area contributed by atoms with Crippen molar-refractivity contribution >= 4 is 21.3 Å². The summed E-state index contributed by atoms with van der Waals surface area (Å²) in [5.41, 5.74) is 7.60. The summed E-state index contributed by atoms with van der Waals surface area (Å²) in [4.78, 5) is 15.4. The van der Waals surface area contributed by atoms with Crippen molar-refractivity contribution in [2.75, 3.05) is 30.4 Å². The molecule has 0 amide bonds. The van der Waals surface area contributed by atoms with Crippen LogP contribution < -0.4 is 10.6 Å². The maximum absolute atomic E-state index is 13.6. The number of sulfone groups is 1. The van der Waals surface area contributed by atoms with Gasteiger partial charge < -0.3 is 15.4 Å². The molecule has 1 aliphatic carbocycles. The molecule has 2 aromatic heterocycles. The van der Waals surface area contributed by atoms with Crippen molar-refractivity contribution in [3.05, 3.63) is 60.2 Å². The molecule has 0 spiro atoms.